The molecule has 1 atom stereocenters. The Balaban J connectivity index is 2.72. The highest BCUT2D eigenvalue weighted by Gasteiger charge is 2.07. The van der Waals surface area contributed by atoms with E-state index in [-0.39, 0.29) is 17.6 Å². The molecule has 3 heteroatoms. The van der Waals surface area contributed by atoms with Crippen molar-refractivity contribution in [3.8, 4) is 0 Å². The first kappa shape index (κ1) is 9.86. The number of ketones is 1. The van der Waals surface area contributed by atoms with E-state index in [1.54, 1.807) is 6.92 Å². The van der Waals surface area contributed by atoms with Gasteiger partial charge in [0.25, 0.3) is 0 Å². The van der Waals surface area contributed by atoms with E-state index in [2.05, 4.69) is 0 Å². The van der Waals surface area contributed by atoms with Gasteiger partial charge < -0.3 is 5.73 Å². The molecule has 0 saturated heterocycles. The average molecular weight is 181 g/mol. The SMILES string of the molecule is C[C@@H](N)CC(=O)c1ccc(F)cc1. The minimum absolute atomic E-state index is 0.0463. The third-order valence-electron chi connectivity index (χ3n) is 1.67. The first-order valence-corrected chi connectivity index (χ1v) is 4.14. The smallest absolute Gasteiger partial charge is 0.164 e. The lowest BCUT2D eigenvalue weighted by atomic mass is 10.1. The molecule has 0 spiro atoms. The first-order chi connectivity index (χ1) is 6.09. The molecule has 2 nitrogen and oxygen atoms in total. The molecule has 0 radical (unpaired) electrons. The second-order valence-corrected chi connectivity index (χ2v) is 3.11. The number of halogens is 1. The molecule has 1 aromatic rings. The molecule has 1 rings (SSSR count). The van der Waals surface area contributed by atoms with Crippen molar-refractivity contribution in [2.75, 3.05) is 0 Å². The maximum Gasteiger partial charge on any atom is 0.164 e. The second-order valence-electron chi connectivity index (χ2n) is 3.11. The van der Waals surface area contributed by atoms with Gasteiger partial charge in [-0.1, -0.05) is 0 Å². The highest BCUT2D eigenvalue weighted by atomic mass is 19.1. The van der Waals surface area contributed by atoms with Crippen molar-refractivity contribution < 1.29 is 9.18 Å². The fourth-order valence-electron chi connectivity index (χ4n) is 1.05. The van der Waals surface area contributed by atoms with E-state index in [0.717, 1.165) is 0 Å². The van der Waals surface area contributed by atoms with Crippen molar-refractivity contribution in [3.63, 3.8) is 0 Å². The molecule has 13 heavy (non-hydrogen) atoms. The monoisotopic (exact) mass is 181 g/mol. The maximum absolute atomic E-state index is 12.5. The van der Waals surface area contributed by atoms with Crippen molar-refractivity contribution in [2.24, 2.45) is 5.73 Å². The van der Waals surface area contributed by atoms with Crippen molar-refractivity contribution in [2.45, 2.75) is 19.4 Å². The molecular formula is C10H12FNO. The largest absolute Gasteiger partial charge is 0.328 e. The highest BCUT2D eigenvalue weighted by molar-refractivity contribution is 5.96. The second kappa shape index (κ2) is 4.14. The van der Waals surface area contributed by atoms with E-state index < -0.39 is 0 Å². The third-order valence-corrected chi connectivity index (χ3v) is 1.67. The van der Waals surface area contributed by atoms with E-state index in [1.807, 2.05) is 0 Å². The standard InChI is InChI=1S/C10H12FNO/c1-7(12)6-10(13)8-2-4-9(11)5-3-8/h2-5,7H,6,12H2,1H3/t7-/m1/s1. The summed E-state index contributed by atoms with van der Waals surface area (Å²) >= 11 is 0. The Morgan fingerprint density at radius 2 is 2.00 bits per heavy atom. The number of nitrogens with two attached hydrogens (primary N) is 1. The van der Waals surface area contributed by atoms with E-state index in [4.69, 9.17) is 5.73 Å². The molecular weight excluding hydrogens is 169 g/mol. The van der Waals surface area contributed by atoms with Crippen LogP contribution in [0.25, 0.3) is 0 Å². The maximum atomic E-state index is 12.5. The minimum atomic E-state index is -0.336. The molecule has 0 fully saturated rings. The molecule has 2 N–H and O–H groups in total. The highest BCUT2D eigenvalue weighted by Crippen LogP contribution is 2.06. The molecule has 0 aliphatic rings. The summed E-state index contributed by atoms with van der Waals surface area (Å²) in [5.41, 5.74) is 5.98. The summed E-state index contributed by atoms with van der Waals surface area (Å²) in [7, 11) is 0. The molecule has 1 aromatic carbocycles. The van der Waals surface area contributed by atoms with Gasteiger partial charge in [-0.15, -0.1) is 0 Å². The molecule has 0 amide bonds. The Hall–Kier alpha value is -1.22. The number of carbonyl (C=O) groups excluding carboxylic acids is 1. The normalized spacial score (nSPS) is 12.5. The summed E-state index contributed by atoms with van der Waals surface area (Å²) < 4.78 is 12.5. The summed E-state index contributed by atoms with van der Waals surface area (Å²) in [5, 5.41) is 0. The first-order valence-electron chi connectivity index (χ1n) is 4.14. The Morgan fingerprint density at radius 1 is 1.46 bits per heavy atom. The van der Waals surface area contributed by atoms with Crippen LogP contribution in [0.5, 0.6) is 0 Å². The van der Waals surface area contributed by atoms with Crippen LogP contribution in [0.2, 0.25) is 0 Å². The lowest BCUT2D eigenvalue weighted by Crippen LogP contribution is -2.19. The summed E-state index contributed by atoms with van der Waals surface area (Å²) in [6.07, 6.45) is 0.297. The molecule has 0 aliphatic heterocycles. The molecule has 0 bridgehead atoms. The van der Waals surface area contributed by atoms with Gasteiger partial charge in [0.1, 0.15) is 5.82 Å². The van der Waals surface area contributed by atoms with Crippen LogP contribution in [0.15, 0.2) is 24.3 Å². The van der Waals surface area contributed by atoms with E-state index >= 15 is 0 Å². The van der Waals surface area contributed by atoms with Gasteiger partial charge in [-0.2, -0.15) is 0 Å². The number of hydrogen-bond acceptors (Lipinski definition) is 2. The third kappa shape index (κ3) is 2.95. The van der Waals surface area contributed by atoms with Crippen LogP contribution >= 0.6 is 0 Å². The zero-order chi connectivity index (χ0) is 9.84. The van der Waals surface area contributed by atoms with Crippen LogP contribution in [0.4, 0.5) is 4.39 Å². The molecule has 0 unspecified atom stereocenters. The Kier molecular flexibility index (Phi) is 3.14. The van der Waals surface area contributed by atoms with Crippen molar-refractivity contribution >= 4 is 5.78 Å². The summed E-state index contributed by atoms with van der Waals surface area (Å²) in [6, 6.07) is 5.33. The van der Waals surface area contributed by atoms with Crippen molar-refractivity contribution in [1.29, 1.82) is 0 Å². The molecule has 70 valence electrons. The topological polar surface area (TPSA) is 43.1 Å². The van der Waals surface area contributed by atoms with Gasteiger partial charge in [-0.05, 0) is 31.2 Å². The predicted molar refractivity (Wildman–Crippen MR) is 49.0 cm³/mol. The van der Waals surface area contributed by atoms with Crippen molar-refractivity contribution in [1.82, 2.24) is 0 Å². The fourth-order valence-corrected chi connectivity index (χ4v) is 1.05. The summed E-state index contributed by atoms with van der Waals surface area (Å²) in [4.78, 5) is 11.4. The van der Waals surface area contributed by atoms with Gasteiger partial charge in [0.05, 0.1) is 0 Å². The van der Waals surface area contributed by atoms with Gasteiger partial charge in [0.2, 0.25) is 0 Å². The Bertz CT molecular complexity index is 292. The van der Waals surface area contributed by atoms with Gasteiger partial charge in [-0.25, -0.2) is 4.39 Å². The number of hydrogen-bond donors (Lipinski definition) is 1. The lowest BCUT2D eigenvalue weighted by Gasteiger charge is -2.03. The van der Waals surface area contributed by atoms with Gasteiger partial charge >= 0.3 is 0 Å². The zero-order valence-corrected chi connectivity index (χ0v) is 7.46. The predicted octanol–water partition coefficient (Wildman–Crippen LogP) is 1.75. The van der Waals surface area contributed by atoms with Crippen LogP contribution in [0.3, 0.4) is 0 Å². The quantitative estimate of drug-likeness (QED) is 0.722. The summed E-state index contributed by atoms with van der Waals surface area (Å²) in [5.74, 6) is -0.382. The van der Waals surface area contributed by atoms with Crippen LogP contribution in [-0.2, 0) is 0 Å². The average Bonchev–Trinajstić information content (AvgIpc) is 2.04. The number of rotatable bonds is 3. The van der Waals surface area contributed by atoms with E-state index in [1.165, 1.54) is 24.3 Å². The molecule has 0 aromatic heterocycles. The Morgan fingerprint density at radius 3 is 2.46 bits per heavy atom. The number of carbonyl (C=O) groups is 1. The molecule has 0 heterocycles. The van der Waals surface area contributed by atoms with Gasteiger partial charge in [0, 0.05) is 18.0 Å². The van der Waals surface area contributed by atoms with Crippen LogP contribution in [-0.4, -0.2) is 11.8 Å². The summed E-state index contributed by atoms with van der Waals surface area (Å²) in [6.45, 7) is 1.77. The van der Waals surface area contributed by atoms with Crippen molar-refractivity contribution in [3.05, 3.63) is 35.6 Å². The zero-order valence-electron chi connectivity index (χ0n) is 7.46. The van der Waals surface area contributed by atoms with Crippen LogP contribution < -0.4 is 5.73 Å². The van der Waals surface area contributed by atoms with Gasteiger partial charge in [-0.3, -0.25) is 4.79 Å². The fraction of sp³-hybridized carbons (Fsp3) is 0.300. The minimum Gasteiger partial charge on any atom is -0.328 e. The van der Waals surface area contributed by atoms with E-state index in [0.29, 0.717) is 12.0 Å². The number of Topliss-reactive ketones (excluding diaryl/α,β-unsaturated/α-hetero) is 1. The van der Waals surface area contributed by atoms with Crippen LogP contribution in [0, 0.1) is 5.82 Å². The molecule has 0 saturated carbocycles. The van der Waals surface area contributed by atoms with E-state index in [9.17, 15) is 9.18 Å². The van der Waals surface area contributed by atoms with Gasteiger partial charge in [0.15, 0.2) is 5.78 Å². The van der Waals surface area contributed by atoms with Crippen LogP contribution in [0.1, 0.15) is 23.7 Å². The Labute approximate surface area is 76.6 Å². The molecule has 0 aliphatic carbocycles. The number of benzene rings is 1. The lowest BCUT2D eigenvalue weighted by molar-refractivity contribution is 0.0976.